The van der Waals surface area contributed by atoms with E-state index in [1.54, 1.807) is 6.20 Å². The van der Waals surface area contributed by atoms with Crippen LogP contribution in [0.2, 0.25) is 0 Å². The van der Waals surface area contributed by atoms with Gasteiger partial charge in [0.2, 0.25) is 0 Å². The fraction of sp³-hybridized carbons (Fsp3) is 0.600. The van der Waals surface area contributed by atoms with E-state index in [1.807, 2.05) is 25.1 Å². The number of hydrogen-bond donors (Lipinski definition) is 1. The number of pyridine rings is 1. The van der Waals surface area contributed by atoms with Crippen LogP contribution in [0.3, 0.4) is 0 Å². The first kappa shape index (κ1) is 14.0. The van der Waals surface area contributed by atoms with Crippen LogP contribution in [0.1, 0.15) is 51.3 Å². The zero-order valence-electron chi connectivity index (χ0n) is 11.7. The number of nitrogens with zero attached hydrogens (tertiary/aromatic N) is 2. The smallest absolute Gasteiger partial charge is 0.324 e. The SMILES string of the molecule is CCCC1(C(=O)O)CCCN1C(C)c1ccccn1. The number of carboxylic acids is 1. The van der Waals surface area contributed by atoms with Gasteiger partial charge in [-0.3, -0.25) is 14.7 Å². The Bertz CT molecular complexity index is 435. The van der Waals surface area contributed by atoms with Crippen molar-refractivity contribution < 1.29 is 9.90 Å². The highest BCUT2D eigenvalue weighted by molar-refractivity contribution is 5.79. The lowest BCUT2D eigenvalue weighted by Crippen LogP contribution is -2.51. The van der Waals surface area contributed by atoms with Gasteiger partial charge in [0.1, 0.15) is 5.54 Å². The quantitative estimate of drug-likeness (QED) is 0.886. The van der Waals surface area contributed by atoms with E-state index in [-0.39, 0.29) is 6.04 Å². The highest BCUT2D eigenvalue weighted by Gasteiger charge is 2.48. The van der Waals surface area contributed by atoms with Crippen molar-refractivity contribution in [3.05, 3.63) is 30.1 Å². The van der Waals surface area contributed by atoms with Gasteiger partial charge < -0.3 is 5.11 Å². The minimum Gasteiger partial charge on any atom is -0.480 e. The molecule has 1 aromatic rings. The van der Waals surface area contributed by atoms with Crippen molar-refractivity contribution in [3.63, 3.8) is 0 Å². The van der Waals surface area contributed by atoms with Crippen molar-refractivity contribution >= 4 is 5.97 Å². The van der Waals surface area contributed by atoms with E-state index in [1.165, 1.54) is 0 Å². The van der Waals surface area contributed by atoms with E-state index in [9.17, 15) is 9.90 Å². The summed E-state index contributed by atoms with van der Waals surface area (Å²) in [6, 6.07) is 5.86. The summed E-state index contributed by atoms with van der Waals surface area (Å²) in [5, 5.41) is 9.70. The van der Waals surface area contributed by atoms with E-state index in [4.69, 9.17) is 0 Å². The molecule has 1 N–H and O–H groups in total. The molecule has 2 rings (SSSR count). The zero-order chi connectivity index (χ0) is 13.9. The molecule has 0 saturated carbocycles. The van der Waals surface area contributed by atoms with Gasteiger partial charge in [-0.2, -0.15) is 0 Å². The molecule has 1 saturated heterocycles. The second-order valence-electron chi connectivity index (χ2n) is 5.31. The lowest BCUT2D eigenvalue weighted by atomic mass is 9.89. The van der Waals surface area contributed by atoms with Crippen molar-refractivity contribution in [1.29, 1.82) is 0 Å². The number of aromatic nitrogens is 1. The Morgan fingerprint density at radius 2 is 2.37 bits per heavy atom. The Labute approximate surface area is 114 Å². The normalized spacial score (nSPS) is 25.4. The highest BCUT2D eigenvalue weighted by Crippen LogP contribution is 2.39. The Morgan fingerprint density at radius 1 is 1.58 bits per heavy atom. The van der Waals surface area contributed by atoms with E-state index < -0.39 is 11.5 Å². The molecule has 104 valence electrons. The van der Waals surface area contributed by atoms with Gasteiger partial charge in [0.15, 0.2) is 0 Å². The van der Waals surface area contributed by atoms with Crippen molar-refractivity contribution in [1.82, 2.24) is 9.88 Å². The van der Waals surface area contributed by atoms with Crippen LogP contribution in [-0.4, -0.2) is 33.0 Å². The van der Waals surface area contributed by atoms with Gasteiger partial charge in [-0.1, -0.05) is 19.4 Å². The molecule has 0 aliphatic carbocycles. The van der Waals surface area contributed by atoms with E-state index in [0.717, 1.165) is 31.5 Å². The second kappa shape index (κ2) is 5.70. The Hall–Kier alpha value is -1.42. The van der Waals surface area contributed by atoms with E-state index in [2.05, 4.69) is 16.8 Å². The Kier molecular flexibility index (Phi) is 4.20. The summed E-state index contributed by atoms with van der Waals surface area (Å²) in [6.45, 7) is 4.94. The van der Waals surface area contributed by atoms with Gasteiger partial charge in [0, 0.05) is 6.20 Å². The number of carbonyl (C=O) groups is 1. The summed E-state index contributed by atoms with van der Waals surface area (Å²) in [5.41, 5.74) is 0.247. The maximum atomic E-state index is 11.8. The number of rotatable bonds is 5. The molecule has 1 aromatic heterocycles. The van der Waals surface area contributed by atoms with Crippen LogP contribution in [-0.2, 0) is 4.79 Å². The third-order valence-corrected chi connectivity index (χ3v) is 4.18. The summed E-state index contributed by atoms with van der Waals surface area (Å²) in [5.74, 6) is -0.686. The molecule has 2 atom stereocenters. The van der Waals surface area contributed by atoms with Gasteiger partial charge in [-0.05, 0) is 44.9 Å². The lowest BCUT2D eigenvalue weighted by molar-refractivity contribution is -0.151. The minimum atomic E-state index is -0.703. The second-order valence-corrected chi connectivity index (χ2v) is 5.31. The van der Waals surface area contributed by atoms with Crippen LogP contribution in [0.5, 0.6) is 0 Å². The Morgan fingerprint density at radius 3 is 2.95 bits per heavy atom. The first-order chi connectivity index (χ1) is 9.12. The number of hydrogen-bond acceptors (Lipinski definition) is 3. The van der Waals surface area contributed by atoms with Crippen molar-refractivity contribution in [2.75, 3.05) is 6.54 Å². The van der Waals surface area contributed by atoms with E-state index in [0.29, 0.717) is 6.42 Å². The molecule has 1 fully saturated rings. The average molecular weight is 262 g/mol. The fourth-order valence-electron chi connectivity index (χ4n) is 3.27. The van der Waals surface area contributed by atoms with Crippen molar-refractivity contribution in [2.45, 2.75) is 51.1 Å². The molecule has 2 heterocycles. The largest absolute Gasteiger partial charge is 0.480 e. The van der Waals surface area contributed by atoms with E-state index >= 15 is 0 Å². The van der Waals surface area contributed by atoms with Crippen LogP contribution in [0.25, 0.3) is 0 Å². The Balaban J connectivity index is 2.29. The predicted molar refractivity (Wildman–Crippen MR) is 73.9 cm³/mol. The molecule has 2 unspecified atom stereocenters. The molecule has 0 amide bonds. The number of likely N-dealkylation sites (tertiary alicyclic amines) is 1. The molecule has 1 aliphatic heterocycles. The molecule has 1 aliphatic rings. The highest BCUT2D eigenvalue weighted by atomic mass is 16.4. The monoisotopic (exact) mass is 262 g/mol. The first-order valence-electron chi connectivity index (χ1n) is 7.03. The van der Waals surface area contributed by atoms with Crippen molar-refractivity contribution in [3.8, 4) is 0 Å². The third-order valence-electron chi connectivity index (χ3n) is 4.18. The summed E-state index contributed by atoms with van der Waals surface area (Å²) < 4.78 is 0. The molecule has 19 heavy (non-hydrogen) atoms. The topological polar surface area (TPSA) is 53.4 Å². The molecule has 0 radical (unpaired) electrons. The first-order valence-corrected chi connectivity index (χ1v) is 7.03. The standard InChI is InChI=1S/C15H22N2O2/c1-3-8-15(14(18)19)9-6-11-17(15)12(2)13-7-4-5-10-16-13/h4-5,7,10,12H,3,6,8-9,11H2,1-2H3,(H,18,19). The maximum Gasteiger partial charge on any atom is 0.324 e. The molecule has 0 spiro atoms. The summed E-state index contributed by atoms with van der Waals surface area (Å²) in [4.78, 5) is 18.3. The van der Waals surface area contributed by atoms with Gasteiger partial charge >= 0.3 is 5.97 Å². The number of aliphatic carboxylic acids is 1. The van der Waals surface area contributed by atoms with Crippen LogP contribution < -0.4 is 0 Å². The number of carboxylic acid groups (broad SMARTS) is 1. The van der Waals surface area contributed by atoms with Gasteiger partial charge in [0.05, 0.1) is 11.7 Å². The summed E-state index contributed by atoms with van der Waals surface area (Å²) in [6.07, 6.45) is 5.05. The van der Waals surface area contributed by atoms with Gasteiger partial charge in [-0.25, -0.2) is 0 Å². The molecule has 0 aromatic carbocycles. The predicted octanol–water partition coefficient (Wildman–Crippen LogP) is 2.86. The lowest BCUT2D eigenvalue weighted by Gasteiger charge is -2.38. The molecule has 0 bridgehead atoms. The average Bonchev–Trinajstić information content (AvgIpc) is 2.84. The van der Waals surface area contributed by atoms with Crippen molar-refractivity contribution in [2.24, 2.45) is 0 Å². The molecule has 4 nitrogen and oxygen atoms in total. The fourth-order valence-corrected chi connectivity index (χ4v) is 3.27. The molecular weight excluding hydrogens is 240 g/mol. The van der Waals surface area contributed by atoms with Crippen LogP contribution in [0, 0.1) is 0 Å². The molecule has 4 heteroatoms. The van der Waals surface area contributed by atoms with Crippen LogP contribution in [0.15, 0.2) is 24.4 Å². The van der Waals surface area contributed by atoms with Gasteiger partial charge in [-0.15, -0.1) is 0 Å². The summed E-state index contributed by atoms with van der Waals surface area (Å²) >= 11 is 0. The van der Waals surface area contributed by atoms with Crippen LogP contribution >= 0.6 is 0 Å². The van der Waals surface area contributed by atoms with Gasteiger partial charge in [0.25, 0.3) is 0 Å². The molecular formula is C15H22N2O2. The zero-order valence-corrected chi connectivity index (χ0v) is 11.7. The maximum absolute atomic E-state index is 11.8. The minimum absolute atomic E-state index is 0.0475. The third kappa shape index (κ3) is 2.50. The van der Waals surface area contributed by atoms with Crippen LogP contribution in [0.4, 0.5) is 0 Å². The summed E-state index contributed by atoms with van der Waals surface area (Å²) in [7, 11) is 0.